The van der Waals surface area contributed by atoms with Gasteiger partial charge in [-0.1, -0.05) is 18.6 Å². The van der Waals surface area contributed by atoms with Crippen LogP contribution in [0.4, 0.5) is 10.5 Å². The van der Waals surface area contributed by atoms with Gasteiger partial charge in [-0.05, 0) is 56.2 Å². The van der Waals surface area contributed by atoms with E-state index < -0.39 is 11.6 Å². The predicted molar refractivity (Wildman–Crippen MR) is 133 cm³/mol. The van der Waals surface area contributed by atoms with E-state index in [0.29, 0.717) is 17.0 Å². The highest BCUT2D eigenvalue weighted by Gasteiger charge is 2.41. The number of imide groups is 1. The van der Waals surface area contributed by atoms with E-state index in [1.165, 1.54) is 18.2 Å². The average Bonchev–Trinajstić information content (AvgIpc) is 3.26. The molecule has 3 aromatic rings. The number of carbonyl (C=O) groups excluding carboxylic acids is 3. The van der Waals surface area contributed by atoms with Gasteiger partial charge in [0.1, 0.15) is 11.4 Å². The molecular formula is C25H26N6O3S. The van der Waals surface area contributed by atoms with Crippen molar-refractivity contribution in [2.45, 2.75) is 49.6 Å². The predicted octanol–water partition coefficient (Wildman–Crippen LogP) is 3.61. The number of thioether (sulfide) groups is 1. The summed E-state index contributed by atoms with van der Waals surface area (Å²) in [5.74, 6) is 1.57. The summed E-state index contributed by atoms with van der Waals surface area (Å²) in [6, 6.07) is 14.3. The third-order valence-corrected chi connectivity index (χ3v) is 7.66. The van der Waals surface area contributed by atoms with Crippen LogP contribution in [0.3, 0.4) is 0 Å². The van der Waals surface area contributed by atoms with Crippen molar-refractivity contribution in [2.75, 3.05) is 11.1 Å². The lowest BCUT2D eigenvalue weighted by Crippen LogP contribution is -2.46. The number of carbonyl (C=O) groups is 3. The average molecular weight is 491 g/mol. The number of anilines is 1. The molecule has 1 aromatic heterocycles. The standard InChI is InChI=1S/C25H26N6O3S/c1-25(23(33)27-24(34)28-25)15-35-19-8-5-4-7-18(19)22(32)26-17-12-10-16(11-13-17)21-30-29-20-9-3-2-6-14-31(20)21/h4-5,7-8,10-13H,2-3,6,9,14-15H2,1H3,(H,26,32)(H2,27,28,33,34)/t25-/m1/s1. The van der Waals surface area contributed by atoms with E-state index >= 15 is 0 Å². The van der Waals surface area contributed by atoms with Crippen LogP contribution in [0.25, 0.3) is 11.4 Å². The van der Waals surface area contributed by atoms with Gasteiger partial charge in [-0.25, -0.2) is 4.79 Å². The second-order valence-corrected chi connectivity index (χ2v) is 9.98. The zero-order valence-electron chi connectivity index (χ0n) is 19.3. The molecular weight excluding hydrogens is 464 g/mol. The smallest absolute Gasteiger partial charge is 0.322 e. The first kappa shape index (κ1) is 23.1. The summed E-state index contributed by atoms with van der Waals surface area (Å²) in [5.41, 5.74) is 1.10. The lowest BCUT2D eigenvalue weighted by molar-refractivity contribution is -0.122. The fourth-order valence-electron chi connectivity index (χ4n) is 4.28. The summed E-state index contributed by atoms with van der Waals surface area (Å²) in [5, 5.41) is 16.6. The Labute approximate surface area is 207 Å². The molecule has 1 fully saturated rings. The van der Waals surface area contributed by atoms with Crippen LogP contribution >= 0.6 is 11.8 Å². The van der Waals surface area contributed by atoms with E-state index in [-0.39, 0.29) is 11.8 Å². The summed E-state index contributed by atoms with van der Waals surface area (Å²) < 4.78 is 2.20. The van der Waals surface area contributed by atoms with Gasteiger partial charge in [-0.15, -0.1) is 22.0 Å². The minimum atomic E-state index is -1.03. The van der Waals surface area contributed by atoms with Crippen LogP contribution in [-0.2, 0) is 17.8 Å². The van der Waals surface area contributed by atoms with Gasteiger partial charge in [0.15, 0.2) is 5.82 Å². The second-order valence-electron chi connectivity index (χ2n) is 8.96. The molecule has 35 heavy (non-hydrogen) atoms. The molecule has 0 bridgehead atoms. The van der Waals surface area contributed by atoms with E-state index in [9.17, 15) is 14.4 Å². The Morgan fingerprint density at radius 3 is 2.66 bits per heavy atom. The number of amides is 4. The Bertz CT molecular complexity index is 1290. The molecule has 0 radical (unpaired) electrons. The van der Waals surface area contributed by atoms with Crippen LogP contribution in [0.2, 0.25) is 0 Å². The van der Waals surface area contributed by atoms with Gasteiger partial charge < -0.3 is 15.2 Å². The van der Waals surface area contributed by atoms with Crippen molar-refractivity contribution in [3.63, 3.8) is 0 Å². The third kappa shape index (κ3) is 4.79. The number of hydrogen-bond acceptors (Lipinski definition) is 6. The van der Waals surface area contributed by atoms with Crippen molar-refractivity contribution in [3.05, 3.63) is 59.9 Å². The van der Waals surface area contributed by atoms with Crippen molar-refractivity contribution >= 4 is 35.3 Å². The maximum absolute atomic E-state index is 13.1. The molecule has 0 aliphatic carbocycles. The number of aromatic nitrogens is 3. The van der Waals surface area contributed by atoms with Crippen molar-refractivity contribution in [1.82, 2.24) is 25.4 Å². The first-order chi connectivity index (χ1) is 16.9. The normalized spacial score (nSPS) is 19.5. The SMILES string of the molecule is C[C@]1(CSc2ccccc2C(=O)Nc2ccc(-c3nnc4n3CCCCC4)cc2)NC(=O)NC1=O. The van der Waals surface area contributed by atoms with E-state index in [0.717, 1.165) is 47.9 Å². The van der Waals surface area contributed by atoms with Crippen molar-refractivity contribution in [3.8, 4) is 11.4 Å². The van der Waals surface area contributed by atoms with E-state index in [4.69, 9.17) is 0 Å². The third-order valence-electron chi connectivity index (χ3n) is 6.28. The number of hydrogen-bond donors (Lipinski definition) is 3. The van der Waals surface area contributed by atoms with E-state index in [1.807, 2.05) is 36.4 Å². The van der Waals surface area contributed by atoms with E-state index in [1.54, 1.807) is 19.1 Å². The zero-order valence-corrected chi connectivity index (χ0v) is 20.2. The number of fused-ring (bicyclic) bond motifs is 1. The lowest BCUT2D eigenvalue weighted by Gasteiger charge is -2.20. The number of nitrogens with zero attached hydrogens (tertiary/aromatic N) is 3. The largest absolute Gasteiger partial charge is 0.323 e. The van der Waals surface area contributed by atoms with Crippen LogP contribution < -0.4 is 16.0 Å². The topological polar surface area (TPSA) is 118 Å². The summed E-state index contributed by atoms with van der Waals surface area (Å²) in [6.45, 7) is 2.59. The highest BCUT2D eigenvalue weighted by Crippen LogP contribution is 2.29. The quantitative estimate of drug-likeness (QED) is 0.359. The summed E-state index contributed by atoms with van der Waals surface area (Å²) in [7, 11) is 0. The van der Waals surface area contributed by atoms with Crippen molar-refractivity contribution in [2.24, 2.45) is 0 Å². The van der Waals surface area contributed by atoms with Gasteiger partial charge in [0.05, 0.1) is 5.56 Å². The van der Waals surface area contributed by atoms with Gasteiger partial charge in [0.2, 0.25) is 0 Å². The minimum absolute atomic E-state index is 0.248. The minimum Gasteiger partial charge on any atom is -0.323 e. The van der Waals surface area contributed by atoms with Gasteiger partial charge >= 0.3 is 6.03 Å². The Morgan fingerprint density at radius 2 is 1.89 bits per heavy atom. The molecule has 2 aliphatic rings. The number of rotatable bonds is 6. The molecule has 180 valence electrons. The first-order valence-electron chi connectivity index (χ1n) is 11.6. The molecule has 9 nitrogen and oxygen atoms in total. The van der Waals surface area contributed by atoms with Gasteiger partial charge in [0.25, 0.3) is 11.8 Å². The first-order valence-corrected chi connectivity index (χ1v) is 12.6. The van der Waals surface area contributed by atoms with Crippen LogP contribution in [0.15, 0.2) is 53.4 Å². The van der Waals surface area contributed by atoms with Crippen LogP contribution in [0.1, 0.15) is 42.4 Å². The molecule has 3 heterocycles. The molecule has 0 unspecified atom stereocenters. The number of urea groups is 1. The van der Waals surface area contributed by atoms with E-state index in [2.05, 4.69) is 30.7 Å². The molecule has 1 atom stereocenters. The van der Waals surface area contributed by atoms with Crippen LogP contribution in [0, 0.1) is 0 Å². The number of aryl methyl sites for hydroxylation is 1. The van der Waals surface area contributed by atoms with Gasteiger partial charge in [-0.2, -0.15) is 0 Å². The van der Waals surface area contributed by atoms with Gasteiger partial charge in [0, 0.05) is 34.9 Å². The number of nitrogens with one attached hydrogen (secondary N) is 3. The Balaban J connectivity index is 1.28. The fraction of sp³-hybridized carbons (Fsp3) is 0.320. The summed E-state index contributed by atoms with van der Waals surface area (Å²) in [6.07, 6.45) is 4.42. The monoisotopic (exact) mass is 490 g/mol. The fourth-order valence-corrected chi connectivity index (χ4v) is 5.42. The molecule has 2 aliphatic heterocycles. The molecule has 5 rings (SSSR count). The molecule has 10 heteroatoms. The Kier molecular flexibility index (Phi) is 6.29. The molecule has 2 aromatic carbocycles. The Morgan fingerprint density at radius 1 is 1.09 bits per heavy atom. The molecule has 3 N–H and O–H groups in total. The van der Waals surface area contributed by atoms with Crippen LogP contribution in [-0.4, -0.2) is 43.9 Å². The highest BCUT2D eigenvalue weighted by molar-refractivity contribution is 7.99. The molecule has 4 amide bonds. The summed E-state index contributed by atoms with van der Waals surface area (Å²) >= 11 is 1.35. The maximum Gasteiger partial charge on any atom is 0.322 e. The summed E-state index contributed by atoms with van der Waals surface area (Å²) in [4.78, 5) is 37.4. The second kappa shape index (κ2) is 9.53. The lowest BCUT2D eigenvalue weighted by atomic mass is 10.1. The molecule has 1 saturated heterocycles. The van der Waals surface area contributed by atoms with Crippen molar-refractivity contribution in [1.29, 1.82) is 0 Å². The Hall–Kier alpha value is -3.66. The zero-order chi connectivity index (χ0) is 24.4. The van der Waals surface area contributed by atoms with Gasteiger partial charge in [-0.3, -0.25) is 14.9 Å². The van der Waals surface area contributed by atoms with Crippen molar-refractivity contribution < 1.29 is 14.4 Å². The van der Waals surface area contributed by atoms with Crippen LogP contribution in [0.5, 0.6) is 0 Å². The molecule has 0 saturated carbocycles. The number of benzene rings is 2. The molecule has 0 spiro atoms. The maximum atomic E-state index is 13.1. The highest BCUT2D eigenvalue weighted by atomic mass is 32.2.